The molecule has 0 bridgehead atoms. The van der Waals surface area contributed by atoms with Crippen molar-refractivity contribution in [3.8, 4) is 0 Å². The molecular weight excluding hydrogens is 399 g/mol. The van der Waals surface area contributed by atoms with Gasteiger partial charge in [0.15, 0.2) is 5.96 Å². The minimum atomic E-state index is 0. The summed E-state index contributed by atoms with van der Waals surface area (Å²) in [7, 11) is 6.04. The molecule has 2 atom stereocenters. The van der Waals surface area contributed by atoms with Crippen LogP contribution in [-0.4, -0.2) is 44.6 Å². The molecule has 4 nitrogen and oxygen atoms in total. The van der Waals surface area contributed by atoms with E-state index in [0.717, 1.165) is 12.5 Å². The van der Waals surface area contributed by atoms with Crippen LogP contribution in [0.5, 0.6) is 0 Å². The summed E-state index contributed by atoms with van der Waals surface area (Å²) in [6.07, 6.45) is 0. The lowest BCUT2D eigenvalue weighted by Crippen LogP contribution is -2.46. The zero-order chi connectivity index (χ0) is 16.7. The molecule has 0 aliphatic carbocycles. The van der Waals surface area contributed by atoms with Crippen LogP contribution in [0, 0.1) is 12.8 Å². The lowest BCUT2D eigenvalue weighted by Gasteiger charge is -2.27. The second kappa shape index (κ2) is 10.9. The van der Waals surface area contributed by atoms with E-state index in [1.54, 1.807) is 0 Å². The fourth-order valence-corrected chi connectivity index (χ4v) is 2.16. The first kappa shape index (κ1) is 22.2. The number of likely N-dealkylation sites (N-methyl/N-ethyl adjacent to an activating group) is 1. The van der Waals surface area contributed by atoms with Crippen molar-refractivity contribution in [2.24, 2.45) is 10.9 Å². The van der Waals surface area contributed by atoms with Crippen molar-refractivity contribution >= 4 is 29.9 Å². The summed E-state index contributed by atoms with van der Waals surface area (Å²) in [6, 6.07) is 9.44. The monoisotopic (exact) mass is 432 g/mol. The van der Waals surface area contributed by atoms with Gasteiger partial charge in [0.05, 0.1) is 6.04 Å². The third-order valence-electron chi connectivity index (χ3n) is 4.14. The van der Waals surface area contributed by atoms with Gasteiger partial charge in [-0.25, -0.2) is 0 Å². The molecule has 1 rings (SSSR count). The standard InChI is InChI=1S/C18H32N4.HI/c1-13(2)15(4)21-18(19-5)20-12-17(22(6)7)16-10-8-14(3)9-11-16;/h8-11,13,15,17H,12H2,1-7H3,(H2,19,20,21);1H. The normalized spacial score (nSPS) is 14.4. The molecule has 2 N–H and O–H groups in total. The number of benzene rings is 1. The lowest BCUT2D eigenvalue weighted by atomic mass is 10.0. The van der Waals surface area contributed by atoms with Gasteiger partial charge in [0.2, 0.25) is 0 Å². The number of aryl methyl sites for hydroxylation is 1. The van der Waals surface area contributed by atoms with Crippen LogP contribution in [0.15, 0.2) is 29.3 Å². The minimum absolute atomic E-state index is 0. The van der Waals surface area contributed by atoms with Crippen molar-refractivity contribution in [3.63, 3.8) is 0 Å². The van der Waals surface area contributed by atoms with Crippen LogP contribution in [0.25, 0.3) is 0 Å². The van der Waals surface area contributed by atoms with E-state index in [1.807, 2.05) is 7.05 Å². The van der Waals surface area contributed by atoms with Crippen LogP contribution < -0.4 is 10.6 Å². The molecule has 0 fully saturated rings. The molecule has 1 aromatic rings. The maximum Gasteiger partial charge on any atom is 0.191 e. The van der Waals surface area contributed by atoms with Crippen molar-refractivity contribution in [1.29, 1.82) is 0 Å². The van der Waals surface area contributed by atoms with Gasteiger partial charge in [0.1, 0.15) is 0 Å². The van der Waals surface area contributed by atoms with Gasteiger partial charge in [0.25, 0.3) is 0 Å². The fourth-order valence-electron chi connectivity index (χ4n) is 2.16. The van der Waals surface area contributed by atoms with Crippen LogP contribution >= 0.6 is 24.0 Å². The Morgan fingerprint density at radius 2 is 1.70 bits per heavy atom. The summed E-state index contributed by atoms with van der Waals surface area (Å²) in [4.78, 5) is 6.56. The Labute approximate surface area is 159 Å². The minimum Gasteiger partial charge on any atom is -0.354 e. The number of halogens is 1. The first-order chi connectivity index (χ1) is 10.3. The zero-order valence-corrected chi connectivity index (χ0v) is 17.9. The van der Waals surface area contributed by atoms with Gasteiger partial charge in [-0.15, -0.1) is 24.0 Å². The highest BCUT2D eigenvalue weighted by molar-refractivity contribution is 14.0. The van der Waals surface area contributed by atoms with E-state index >= 15 is 0 Å². The molecule has 5 heteroatoms. The van der Waals surface area contributed by atoms with E-state index in [9.17, 15) is 0 Å². The van der Waals surface area contributed by atoms with E-state index in [2.05, 4.69) is 86.6 Å². The third kappa shape index (κ3) is 7.52. The quantitative estimate of drug-likeness (QED) is 0.411. The number of aliphatic imine (C=N–C) groups is 1. The molecular formula is C18H33IN4. The van der Waals surface area contributed by atoms with Crippen LogP contribution in [0.3, 0.4) is 0 Å². The topological polar surface area (TPSA) is 39.7 Å². The van der Waals surface area contributed by atoms with E-state index < -0.39 is 0 Å². The molecule has 0 aromatic heterocycles. The smallest absolute Gasteiger partial charge is 0.191 e. The van der Waals surface area contributed by atoms with Crippen LogP contribution in [-0.2, 0) is 0 Å². The Balaban J connectivity index is 0.00000484. The van der Waals surface area contributed by atoms with Gasteiger partial charge in [-0.2, -0.15) is 0 Å². The predicted molar refractivity (Wildman–Crippen MR) is 112 cm³/mol. The van der Waals surface area contributed by atoms with Crippen LogP contribution in [0.2, 0.25) is 0 Å². The number of hydrogen-bond donors (Lipinski definition) is 2. The Kier molecular flexibility index (Phi) is 10.5. The Morgan fingerprint density at radius 3 is 2.13 bits per heavy atom. The molecule has 0 aliphatic rings. The number of nitrogens with zero attached hydrogens (tertiary/aromatic N) is 2. The van der Waals surface area contributed by atoms with Gasteiger partial charge in [-0.05, 0) is 39.4 Å². The molecule has 0 saturated heterocycles. The first-order valence-electron chi connectivity index (χ1n) is 8.05. The Hall–Kier alpha value is -0.820. The molecule has 23 heavy (non-hydrogen) atoms. The van der Waals surface area contributed by atoms with Gasteiger partial charge < -0.3 is 15.5 Å². The Bertz CT molecular complexity index is 468. The Morgan fingerprint density at radius 1 is 1.13 bits per heavy atom. The largest absolute Gasteiger partial charge is 0.354 e. The summed E-state index contributed by atoms with van der Waals surface area (Å²) in [5.74, 6) is 1.43. The average molecular weight is 432 g/mol. The van der Waals surface area contributed by atoms with Gasteiger partial charge >= 0.3 is 0 Å². The maximum absolute atomic E-state index is 4.33. The first-order valence-corrected chi connectivity index (χ1v) is 8.05. The number of rotatable bonds is 6. The molecule has 0 heterocycles. The summed E-state index contributed by atoms with van der Waals surface area (Å²) >= 11 is 0. The van der Waals surface area contributed by atoms with Crippen molar-refractivity contribution in [2.45, 2.75) is 39.8 Å². The van der Waals surface area contributed by atoms with Crippen molar-refractivity contribution in [3.05, 3.63) is 35.4 Å². The highest BCUT2D eigenvalue weighted by Crippen LogP contribution is 2.17. The van der Waals surface area contributed by atoms with Crippen molar-refractivity contribution in [2.75, 3.05) is 27.7 Å². The molecule has 0 aliphatic heterocycles. The van der Waals surface area contributed by atoms with E-state index in [4.69, 9.17) is 0 Å². The summed E-state index contributed by atoms with van der Waals surface area (Å²) in [5, 5.41) is 6.89. The van der Waals surface area contributed by atoms with Crippen molar-refractivity contribution < 1.29 is 0 Å². The van der Waals surface area contributed by atoms with Crippen LogP contribution in [0.1, 0.15) is 37.9 Å². The molecule has 2 unspecified atom stereocenters. The second-order valence-electron chi connectivity index (χ2n) is 6.52. The van der Waals surface area contributed by atoms with Crippen molar-refractivity contribution in [1.82, 2.24) is 15.5 Å². The highest BCUT2D eigenvalue weighted by Gasteiger charge is 2.15. The summed E-state index contributed by atoms with van der Waals surface area (Å²) in [5.41, 5.74) is 2.60. The lowest BCUT2D eigenvalue weighted by molar-refractivity contribution is 0.297. The summed E-state index contributed by atoms with van der Waals surface area (Å²) in [6.45, 7) is 9.53. The molecule has 0 spiro atoms. The van der Waals surface area contributed by atoms with E-state index in [1.165, 1.54) is 11.1 Å². The maximum atomic E-state index is 4.33. The molecule has 132 valence electrons. The second-order valence-corrected chi connectivity index (χ2v) is 6.52. The van der Waals surface area contributed by atoms with Gasteiger partial charge in [-0.1, -0.05) is 43.7 Å². The zero-order valence-electron chi connectivity index (χ0n) is 15.6. The SMILES string of the molecule is CN=C(NCC(c1ccc(C)cc1)N(C)C)NC(C)C(C)C.I. The number of guanidine groups is 1. The summed E-state index contributed by atoms with van der Waals surface area (Å²) < 4.78 is 0. The molecule has 0 radical (unpaired) electrons. The molecule has 0 saturated carbocycles. The predicted octanol–water partition coefficient (Wildman–Crippen LogP) is 3.43. The van der Waals surface area contributed by atoms with E-state index in [-0.39, 0.29) is 24.0 Å². The fraction of sp³-hybridized carbons (Fsp3) is 0.611. The van der Waals surface area contributed by atoms with Gasteiger partial charge in [-0.3, -0.25) is 4.99 Å². The molecule has 1 aromatic carbocycles. The number of hydrogen-bond acceptors (Lipinski definition) is 2. The average Bonchev–Trinajstić information content (AvgIpc) is 2.47. The third-order valence-corrected chi connectivity index (χ3v) is 4.14. The van der Waals surface area contributed by atoms with E-state index in [0.29, 0.717) is 18.0 Å². The highest BCUT2D eigenvalue weighted by atomic mass is 127. The van der Waals surface area contributed by atoms with Crippen LogP contribution in [0.4, 0.5) is 0 Å². The number of nitrogens with one attached hydrogen (secondary N) is 2. The molecule has 0 amide bonds. The van der Waals surface area contributed by atoms with Gasteiger partial charge in [0, 0.05) is 19.6 Å².